The second-order valence-electron chi connectivity index (χ2n) is 5.78. The predicted molar refractivity (Wildman–Crippen MR) is 80.8 cm³/mol. The van der Waals surface area contributed by atoms with Gasteiger partial charge in [-0.2, -0.15) is 0 Å². The van der Waals surface area contributed by atoms with Gasteiger partial charge in [0.1, 0.15) is 5.75 Å². The molecule has 19 heavy (non-hydrogen) atoms. The SMILES string of the molecule is CCCN(CCC)[C@@H]1CCc2c(O)cccc2[C@@H]1C. The summed E-state index contributed by atoms with van der Waals surface area (Å²) < 4.78 is 0. The second kappa shape index (κ2) is 6.42. The summed E-state index contributed by atoms with van der Waals surface area (Å²) in [7, 11) is 0. The lowest BCUT2D eigenvalue weighted by atomic mass is 9.79. The van der Waals surface area contributed by atoms with Crippen LogP contribution in [0.25, 0.3) is 0 Å². The molecule has 1 aliphatic carbocycles. The topological polar surface area (TPSA) is 23.5 Å². The third-order valence-electron chi connectivity index (χ3n) is 4.44. The van der Waals surface area contributed by atoms with Gasteiger partial charge in [0.05, 0.1) is 0 Å². The molecule has 0 amide bonds. The van der Waals surface area contributed by atoms with Crippen LogP contribution in [0.2, 0.25) is 0 Å². The Balaban J connectivity index is 2.22. The molecule has 2 nitrogen and oxygen atoms in total. The summed E-state index contributed by atoms with van der Waals surface area (Å²) in [5, 5.41) is 9.99. The molecule has 0 spiro atoms. The van der Waals surface area contributed by atoms with E-state index in [1.807, 2.05) is 12.1 Å². The predicted octanol–water partition coefficient (Wildman–Crippen LogP) is 3.93. The standard InChI is InChI=1S/C17H27NO/c1-4-11-18(12-5-2)16-10-9-15-14(13(16)3)7-6-8-17(15)19/h6-8,13,16,19H,4-5,9-12H2,1-3H3/t13-,16+/m0/s1. The Morgan fingerprint density at radius 3 is 2.53 bits per heavy atom. The van der Waals surface area contributed by atoms with Gasteiger partial charge in [0.15, 0.2) is 0 Å². The fraction of sp³-hybridized carbons (Fsp3) is 0.647. The first-order valence-electron chi connectivity index (χ1n) is 7.73. The zero-order chi connectivity index (χ0) is 13.8. The number of nitrogens with zero attached hydrogens (tertiary/aromatic N) is 1. The van der Waals surface area contributed by atoms with Crippen molar-refractivity contribution in [3.8, 4) is 5.75 Å². The minimum Gasteiger partial charge on any atom is -0.508 e. The summed E-state index contributed by atoms with van der Waals surface area (Å²) in [5.41, 5.74) is 2.53. The van der Waals surface area contributed by atoms with Crippen LogP contribution in [-0.2, 0) is 6.42 Å². The Morgan fingerprint density at radius 2 is 1.89 bits per heavy atom. The summed E-state index contributed by atoms with van der Waals surface area (Å²) in [6, 6.07) is 6.63. The minimum atomic E-state index is 0.486. The minimum absolute atomic E-state index is 0.486. The van der Waals surface area contributed by atoms with Crippen LogP contribution in [0.15, 0.2) is 18.2 Å². The van der Waals surface area contributed by atoms with E-state index in [4.69, 9.17) is 0 Å². The van der Waals surface area contributed by atoms with Crippen LogP contribution in [0.4, 0.5) is 0 Å². The second-order valence-corrected chi connectivity index (χ2v) is 5.78. The highest BCUT2D eigenvalue weighted by Gasteiger charge is 2.30. The smallest absolute Gasteiger partial charge is 0.119 e. The molecule has 2 heteroatoms. The first-order chi connectivity index (χ1) is 9.19. The fourth-order valence-electron chi connectivity index (χ4n) is 3.56. The molecular formula is C17H27NO. The van der Waals surface area contributed by atoms with E-state index in [1.165, 1.54) is 43.5 Å². The first kappa shape index (κ1) is 14.4. The van der Waals surface area contributed by atoms with Crippen LogP contribution in [0, 0.1) is 0 Å². The van der Waals surface area contributed by atoms with E-state index in [1.54, 1.807) is 0 Å². The van der Waals surface area contributed by atoms with Gasteiger partial charge in [-0.15, -0.1) is 0 Å². The lowest BCUT2D eigenvalue weighted by Crippen LogP contribution is -2.42. The average molecular weight is 261 g/mol. The van der Waals surface area contributed by atoms with Crippen LogP contribution < -0.4 is 0 Å². The normalized spacial score (nSPS) is 22.5. The van der Waals surface area contributed by atoms with Gasteiger partial charge in [0.25, 0.3) is 0 Å². The Labute approximate surface area is 117 Å². The molecule has 0 aliphatic heterocycles. The lowest BCUT2D eigenvalue weighted by Gasteiger charge is -2.39. The summed E-state index contributed by atoms with van der Waals surface area (Å²) in [6.45, 7) is 9.22. The quantitative estimate of drug-likeness (QED) is 0.868. The van der Waals surface area contributed by atoms with Crippen molar-refractivity contribution >= 4 is 0 Å². The van der Waals surface area contributed by atoms with Gasteiger partial charge in [-0.05, 0) is 61.9 Å². The molecular weight excluding hydrogens is 234 g/mol. The highest BCUT2D eigenvalue weighted by molar-refractivity contribution is 5.43. The molecule has 1 aliphatic rings. The van der Waals surface area contributed by atoms with Crippen molar-refractivity contribution in [1.29, 1.82) is 0 Å². The van der Waals surface area contributed by atoms with E-state index >= 15 is 0 Å². The number of fused-ring (bicyclic) bond motifs is 1. The zero-order valence-corrected chi connectivity index (χ0v) is 12.5. The summed E-state index contributed by atoms with van der Waals surface area (Å²) >= 11 is 0. The Hall–Kier alpha value is -1.02. The van der Waals surface area contributed by atoms with Crippen molar-refractivity contribution in [2.45, 2.75) is 58.4 Å². The van der Waals surface area contributed by atoms with E-state index in [2.05, 4.69) is 31.7 Å². The Kier molecular flexibility index (Phi) is 4.87. The van der Waals surface area contributed by atoms with Gasteiger partial charge in [-0.1, -0.05) is 32.9 Å². The number of aromatic hydroxyl groups is 1. The van der Waals surface area contributed by atoms with Crippen molar-refractivity contribution in [3.05, 3.63) is 29.3 Å². The molecule has 106 valence electrons. The molecule has 0 heterocycles. The van der Waals surface area contributed by atoms with Crippen LogP contribution >= 0.6 is 0 Å². The van der Waals surface area contributed by atoms with Crippen molar-refractivity contribution < 1.29 is 5.11 Å². The Morgan fingerprint density at radius 1 is 1.21 bits per heavy atom. The maximum absolute atomic E-state index is 9.99. The number of hydrogen-bond acceptors (Lipinski definition) is 2. The molecule has 0 fully saturated rings. The molecule has 2 rings (SSSR count). The number of phenols is 1. The van der Waals surface area contributed by atoms with Gasteiger partial charge in [-0.25, -0.2) is 0 Å². The van der Waals surface area contributed by atoms with Crippen LogP contribution in [0.1, 0.15) is 57.1 Å². The molecule has 1 N–H and O–H groups in total. The van der Waals surface area contributed by atoms with Gasteiger partial charge < -0.3 is 5.11 Å². The maximum Gasteiger partial charge on any atom is 0.119 e. The van der Waals surface area contributed by atoms with E-state index in [-0.39, 0.29) is 0 Å². The van der Waals surface area contributed by atoms with E-state index in [9.17, 15) is 5.11 Å². The van der Waals surface area contributed by atoms with Gasteiger partial charge in [0.2, 0.25) is 0 Å². The van der Waals surface area contributed by atoms with Crippen molar-refractivity contribution in [2.24, 2.45) is 0 Å². The average Bonchev–Trinajstić information content (AvgIpc) is 2.40. The monoisotopic (exact) mass is 261 g/mol. The van der Waals surface area contributed by atoms with Gasteiger partial charge in [-0.3, -0.25) is 4.90 Å². The number of rotatable bonds is 5. The molecule has 0 saturated carbocycles. The van der Waals surface area contributed by atoms with Gasteiger partial charge >= 0.3 is 0 Å². The van der Waals surface area contributed by atoms with Crippen molar-refractivity contribution in [2.75, 3.05) is 13.1 Å². The zero-order valence-electron chi connectivity index (χ0n) is 12.5. The summed E-state index contributed by atoms with van der Waals surface area (Å²) in [5.74, 6) is 1.01. The van der Waals surface area contributed by atoms with E-state index in [0.717, 1.165) is 6.42 Å². The molecule has 0 saturated heterocycles. The molecule has 0 radical (unpaired) electrons. The first-order valence-corrected chi connectivity index (χ1v) is 7.73. The fourth-order valence-corrected chi connectivity index (χ4v) is 3.56. The Bertz CT molecular complexity index is 410. The van der Waals surface area contributed by atoms with Crippen LogP contribution in [0.5, 0.6) is 5.75 Å². The summed E-state index contributed by atoms with van der Waals surface area (Å²) in [4.78, 5) is 2.65. The highest BCUT2D eigenvalue weighted by atomic mass is 16.3. The third kappa shape index (κ3) is 2.94. The van der Waals surface area contributed by atoms with Crippen LogP contribution in [-0.4, -0.2) is 29.1 Å². The van der Waals surface area contributed by atoms with E-state index < -0.39 is 0 Å². The number of phenolic OH excluding ortho intramolecular Hbond substituents is 1. The third-order valence-corrected chi connectivity index (χ3v) is 4.44. The molecule has 0 bridgehead atoms. The van der Waals surface area contributed by atoms with Crippen molar-refractivity contribution in [3.63, 3.8) is 0 Å². The van der Waals surface area contributed by atoms with Gasteiger partial charge in [0, 0.05) is 6.04 Å². The highest BCUT2D eigenvalue weighted by Crippen LogP contribution is 2.38. The maximum atomic E-state index is 9.99. The molecule has 0 unspecified atom stereocenters. The lowest BCUT2D eigenvalue weighted by molar-refractivity contribution is 0.158. The largest absolute Gasteiger partial charge is 0.508 e. The molecule has 2 atom stereocenters. The van der Waals surface area contributed by atoms with E-state index in [0.29, 0.717) is 17.7 Å². The number of benzene rings is 1. The summed E-state index contributed by atoms with van der Waals surface area (Å²) in [6.07, 6.45) is 4.62. The van der Waals surface area contributed by atoms with Crippen molar-refractivity contribution in [1.82, 2.24) is 4.90 Å². The molecule has 1 aromatic carbocycles. The van der Waals surface area contributed by atoms with Crippen LogP contribution in [0.3, 0.4) is 0 Å². The molecule has 1 aromatic rings. The number of hydrogen-bond donors (Lipinski definition) is 1. The molecule has 0 aromatic heterocycles.